The van der Waals surface area contributed by atoms with Gasteiger partial charge in [-0.15, -0.1) is 10.2 Å². The van der Waals surface area contributed by atoms with Crippen molar-refractivity contribution in [1.82, 2.24) is 10.2 Å². The monoisotopic (exact) mass is 375 g/mol. The molecule has 0 spiro atoms. The standard InChI is InChI=1S/C19H16F3N3O2/c20-19(21,22)12-6-8-13(9-7-12)23-15-5-2-1-4-14(15)16-24-25-17(27-16)18(26)10-3-11-18/h1-2,4-9,23,26H,3,10-11H2. The maximum atomic E-state index is 12.7. The highest BCUT2D eigenvalue weighted by Crippen LogP contribution is 2.41. The lowest BCUT2D eigenvalue weighted by atomic mass is 9.80. The van der Waals surface area contributed by atoms with Crippen molar-refractivity contribution in [3.8, 4) is 11.5 Å². The molecule has 1 heterocycles. The molecule has 3 aromatic rings. The van der Waals surface area contributed by atoms with Gasteiger partial charge in [0.25, 0.3) is 0 Å². The third-order valence-electron chi connectivity index (χ3n) is 4.65. The number of nitrogens with zero attached hydrogens (tertiary/aromatic N) is 2. The van der Waals surface area contributed by atoms with Crippen LogP contribution in [0.2, 0.25) is 0 Å². The van der Waals surface area contributed by atoms with Crippen LogP contribution in [0.25, 0.3) is 11.5 Å². The first-order chi connectivity index (χ1) is 12.9. The normalized spacial score (nSPS) is 16.0. The zero-order chi connectivity index (χ0) is 19.1. The predicted molar refractivity (Wildman–Crippen MR) is 92.2 cm³/mol. The molecule has 27 heavy (non-hydrogen) atoms. The molecule has 0 amide bonds. The van der Waals surface area contributed by atoms with E-state index < -0.39 is 17.3 Å². The summed E-state index contributed by atoms with van der Waals surface area (Å²) in [6.45, 7) is 0. The lowest BCUT2D eigenvalue weighted by Crippen LogP contribution is -2.33. The maximum Gasteiger partial charge on any atom is 0.416 e. The molecule has 1 saturated carbocycles. The number of nitrogens with one attached hydrogen (secondary N) is 1. The fourth-order valence-electron chi connectivity index (χ4n) is 2.92. The highest BCUT2D eigenvalue weighted by Gasteiger charge is 2.41. The quantitative estimate of drug-likeness (QED) is 0.681. The van der Waals surface area contributed by atoms with Gasteiger partial charge < -0.3 is 14.8 Å². The maximum absolute atomic E-state index is 12.7. The summed E-state index contributed by atoms with van der Waals surface area (Å²) in [6, 6.07) is 11.8. The van der Waals surface area contributed by atoms with E-state index in [1.165, 1.54) is 12.1 Å². The number of hydrogen-bond donors (Lipinski definition) is 2. The van der Waals surface area contributed by atoms with Crippen molar-refractivity contribution in [1.29, 1.82) is 0 Å². The molecule has 0 radical (unpaired) electrons. The van der Waals surface area contributed by atoms with Gasteiger partial charge in [0.2, 0.25) is 11.8 Å². The number of aliphatic hydroxyl groups is 1. The lowest BCUT2D eigenvalue weighted by Gasteiger charge is -2.32. The molecule has 0 unspecified atom stereocenters. The third-order valence-corrected chi connectivity index (χ3v) is 4.65. The van der Waals surface area contributed by atoms with Crippen molar-refractivity contribution in [3.05, 3.63) is 60.0 Å². The third kappa shape index (κ3) is 3.40. The van der Waals surface area contributed by atoms with Crippen LogP contribution >= 0.6 is 0 Å². The Morgan fingerprint density at radius 1 is 1.00 bits per heavy atom. The van der Waals surface area contributed by atoms with Crippen molar-refractivity contribution in [3.63, 3.8) is 0 Å². The average Bonchev–Trinajstić information content (AvgIpc) is 3.10. The summed E-state index contributed by atoms with van der Waals surface area (Å²) in [6.07, 6.45) is -2.31. The number of aromatic nitrogens is 2. The first-order valence-corrected chi connectivity index (χ1v) is 8.45. The molecule has 0 saturated heterocycles. The van der Waals surface area contributed by atoms with Crippen LogP contribution in [0.3, 0.4) is 0 Å². The van der Waals surface area contributed by atoms with Crippen LogP contribution in [-0.4, -0.2) is 15.3 Å². The summed E-state index contributed by atoms with van der Waals surface area (Å²) in [7, 11) is 0. The number of benzene rings is 2. The van der Waals surface area contributed by atoms with Gasteiger partial charge in [-0.1, -0.05) is 12.1 Å². The second-order valence-electron chi connectivity index (χ2n) is 6.54. The van der Waals surface area contributed by atoms with Crippen molar-refractivity contribution in [2.75, 3.05) is 5.32 Å². The summed E-state index contributed by atoms with van der Waals surface area (Å²) in [5.74, 6) is 0.424. The van der Waals surface area contributed by atoms with Crippen LogP contribution in [0.1, 0.15) is 30.7 Å². The van der Waals surface area contributed by atoms with E-state index in [0.29, 0.717) is 29.8 Å². The smallest absolute Gasteiger partial charge is 0.416 e. The molecule has 5 nitrogen and oxygen atoms in total. The number of anilines is 2. The van der Waals surface area contributed by atoms with E-state index >= 15 is 0 Å². The van der Waals surface area contributed by atoms with Gasteiger partial charge in [-0.05, 0) is 55.7 Å². The predicted octanol–water partition coefficient (Wildman–Crippen LogP) is 4.87. The van der Waals surface area contributed by atoms with E-state index in [1.807, 2.05) is 0 Å². The fourth-order valence-corrected chi connectivity index (χ4v) is 2.92. The van der Waals surface area contributed by atoms with Crippen LogP contribution in [0.5, 0.6) is 0 Å². The number of alkyl halides is 3. The minimum Gasteiger partial charge on any atom is -0.417 e. The molecule has 1 aliphatic rings. The Morgan fingerprint density at radius 3 is 2.33 bits per heavy atom. The Morgan fingerprint density at radius 2 is 1.70 bits per heavy atom. The highest BCUT2D eigenvalue weighted by atomic mass is 19.4. The van der Waals surface area contributed by atoms with Crippen molar-refractivity contribution < 1.29 is 22.7 Å². The van der Waals surface area contributed by atoms with Crippen LogP contribution in [0, 0.1) is 0 Å². The minimum absolute atomic E-state index is 0.188. The number of para-hydroxylation sites is 1. The summed E-state index contributed by atoms with van der Waals surface area (Å²) in [5.41, 5.74) is -0.0716. The number of halogens is 3. The van der Waals surface area contributed by atoms with Gasteiger partial charge in [-0.25, -0.2) is 0 Å². The molecule has 0 atom stereocenters. The second-order valence-corrected chi connectivity index (χ2v) is 6.54. The topological polar surface area (TPSA) is 71.2 Å². The van der Waals surface area contributed by atoms with Crippen LogP contribution in [0.4, 0.5) is 24.5 Å². The zero-order valence-electron chi connectivity index (χ0n) is 14.1. The fraction of sp³-hybridized carbons (Fsp3) is 0.263. The molecule has 0 bridgehead atoms. The average molecular weight is 375 g/mol. The van der Waals surface area contributed by atoms with E-state index in [0.717, 1.165) is 18.6 Å². The van der Waals surface area contributed by atoms with Gasteiger partial charge in [0.1, 0.15) is 5.60 Å². The highest BCUT2D eigenvalue weighted by molar-refractivity contribution is 5.76. The SMILES string of the molecule is OC1(c2nnc(-c3ccccc3Nc3ccc(C(F)(F)F)cc3)o2)CCC1. The largest absolute Gasteiger partial charge is 0.417 e. The number of hydrogen-bond acceptors (Lipinski definition) is 5. The second kappa shape index (κ2) is 6.38. The van der Waals surface area contributed by atoms with Crippen molar-refractivity contribution in [2.45, 2.75) is 31.0 Å². The van der Waals surface area contributed by atoms with Crippen LogP contribution in [-0.2, 0) is 11.8 Å². The van der Waals surface area contributed by atoms with Gasteiger partial charge in [0, 0.05) is 5.69 Å². The molecule has 140 valence electrons. The van der Waals surface area contributed by atoms with Gasteiger partial charge >= 0.3 is 6.18 Å². The van der Waals surface area contributed by atoms with Gasteiger partial charge in [-0.3, -0.25) is 0 Å². The Labute approximate surface area is 152 Å². The Bertz CT molecular complexity index is 947. The molecule has 1 aromatic heterocycles. The molecule has 2 aromatic carbocycles. The lowest BCUT2D eigenvalue weighted by molar-refractivity contribution is -0.137. The van der Waals surface area contributed by atoms with E-state index in [1.54, 1.807) is 24.3 Å². The van der Waals surface area contributed by atoms with E-state index in [2.05, 4.69) is 15.5 Å². The van der Waals surface area contributed by atoms with Crippen LogP contribution < -0.4 is 5.32 Å². The zero-order valence-corrected chi connectivity index (χ0v) is 14.1. The molecule has 1 aliphatic carbocycles. The van der Waals surface area contributed by atoms with Crippen molar-refractivity contribution >= 4 is 11.4 Å². The molecule has 4 rings (SSSR count). The first kappa shape index (κ1) is 17.5. The van der Waals surface area contributed by atoms with Gasteiger partial charge in [-0.2, -0.15) is 13.2 Å². The minimum atomic E-state index is -4.38. The van der Waals surface area contributed by atoms with Crippen LogP contribution in [0.15, 0.2) is 52.9 Å². The summed E-state index contributed by atoms with van der Waals surface area (Å²) in [4.78, 5) is 0. The summed E-state index contributed by atoms with van der Waals surface area (Å²) in [5, 5.41) is 21.4. The summed E-state index contributed by atoms with van der Waals surface area (Å²) < 4.78 is 43.7. The van der Waals surface area contributed by atoms with E-state index in [-0.39, 0.29) is 11.8 Å². The Kier molecular flexibility index (Phi) is 4.15. The van der Waals surface area contributed by atoms with Crippen molar-refractivity contribution in [2.24, 2.45) is 0 Å². The molecule has 1 fully saturated rings. The molecular weight excluding hydrogens is 359 g/mol. The molecular formula is C19H16F3N3O2. The van der Waals surface area contributed by atoms with E-state index in [9.17, 15) is 18.3 Å². The van der Waals surface area contributed by atoms with Gasteiger partial charge in [0.15, 0.2) is 0 Å². The van der Waals surface area contributed by atoms with Gasteiger partial charge in [0.05, 0.1) is 16.8 Å². The Hall–Kier alpha value is -2.87. The Balaban J connectivity index is 1.60. The molecule has 8 heteroatoms. The molecule has 2 N–H and O–H groups in total. The van der Waals surface area contributed by atoms with E-state index in [4.69, 9.17) is 4.42 Å². The molecule has 0 aliphatic heterocycles. The first-order valence-electron chi connectivity index (χ1n) is 8.45. The number of rotatable bonds is 4. The summed E-state index contributed by atoms with van der Waals surface area (Å²) >= 11 is 0.